The van der Waals surface area contributed by atoms with Gasteiger partial charge in [-0.2, -0.15) is 0 Å². The Bertz CT molecular complexity index is 1050. The third kappa shape index (κ3) is 2.74. The van der Waals surface area contributed by atoms with Crippen LogP contribution in [-0.4, -0.2) is 0 Å². The van der Waals surface area contributed by atoms with E-state index in [0.717, 1.165) is 12.8 Å². The van der Waals surface area contributed by atoms with Crippen LogP contribution in [-0.2, 0) is 5.41 Å². The molecule has 0 aromatic heterocycles. The lowest BCUT2D eigenvalue weighted by atomic mass is 9.53. The number of benzene rings is 2. The Morgan fingerprint density at radius 2 is 1.06 bits per heavy atom. The maximum absolute atomic E-state index is 2.47. The molecule has 0 bridgehead atoms. The molecular formula is C31H28. The van der Waals surface area contributed by atoms with Crippen LogP contribution in [0.25, 0.3) is 0 Å². The van der Waals surface area contributed by atoms with Crippen molar-refractivity contribution < 1.29 is 0 Å². The first-order valence-corrected chi connectivity index (χ1v) is 11.6. The molecule has 152 valence electrons. The van der Waals surface area contributed by atoms with E-state index in [1.807, 2.05) is 0 Å². The number of hydrogen-bond acceptors (Lipinski definition) is 0. The second-order valence-electron chi connectivity index (χ2n) is 9.22. The number of allylic oxidation sites excluding steroid dienone is 12. The lowest BCUT2D eigenvalue weighted by Gasteiger charge is -2.50. The van der Waals surface area contributed by atoms with Crippen LogP contribution in [0.4, 0.5) is 0 Å². The highest BCUT2D eigenvalue weighted by atomic mass is 14.6. The summed E-state index contributed by atoms with van der Waals surface area (Å²) in [6.07, 6.45) is 25.7. The van der Waals surface area contributed by atoms with Crippen molar-refractivity contribution >= 4 is 0 Å². The lowest BCUT2D eigenvalue weighted by Crippen LogP contribution is -2.47. The van der Waals surface area contributed by atoms with Crippen molar-refractivity contribution in [1.82, 2.24) is 0 Å². The molecule has 4 aliphatic rings. The first-order valence-electron chi connectivity index (χ1n) is 11.6. The zero-order valence-electron chi connectivity index (χ0n) is 17.8. The maximum atomic E-state index is 2.47. The molecular weight excluding hydrogens is 372 g/mol. The molecule has 2 aromatic carbocycles. The average Bonchev–Trinajstić information content (AvgIpc) is 3.49. The van der Waals surface area contributed by atoms with Gasteiger partial charge in [0.1, 0.15) is 0 Å². The fraction of sp³-hybridized carbons (Fsp3) is 0.226. The Morgan fingerprint density at radius 1 is 0.581 bits per heavy atom. The van der Waals surface area contributed by atoms with E-state index in [1.165, 1.54) is 22.3 Å². The molecule has 0 radical (unpaired) electrons. The van der Waals surface area contributed by atoms with Gasteiger partial charge in [-0.25, -0.2) is 0 Å². The summed E-state index contributed by atoms with van der Waals surface area (Å²) in [7, 11) is 0. The third-order valence-electron chi connectivity index (χ3n) is 7.92. The van der Waals surface area contributed by atoms with Crippen molar-refractivity contribution in [3.05, 3.63) is 144 Å². The normalized spacial score (nSPS) is 26.5. The molecule has 0 saturated heterocycles. The SMILES string of the molecule is C1=CC2=C3C=CC=CC3C(C(c3ccccc3)(c3ccccc3)C3CC=CC3)C2C=C1. The molecule has 0 nitrogen and oxygen atoms in total. The van der Waals surface area contributed by atoms with Crippen LogP contribution in [0.2, 0.25) is 0 Å². The minimum Gasteiger partial charge on any atom is -0.0882 e. The van der Waals surface area contributed by atoms with Crippen molar-refractivity contribution in [2.45, 2.75) is 18.3 Å². The topological polar surface area (TPSA) is 0 Å². The van der Waals surface area contributed by atoms with E-state index in [1.54, 1.807) is 0 Å². The van der Waals surface area contributed by atoms with Crippen LogP contribution < -0.4 is 0 Å². The summed E-state index contributed by atoms with van der Waals surface area (Å²) in [5.74, 6) is 1.87. The summed E-state index contributed by atoms with van der Waals surface area (Å²) < 4.78 is 0. The number of rotatable bonds is 4. The predicted molar refractivity (Wildman–Crippen MR) is 130 cm³/mol. The summed E-state index contributed by atoms with van der Waals surface area (Å²) in [5, 5.41) is 0. The standard InChI is InChI=1S/C31H28/c1-3-13-23(14-4-1)31(25-17-7-8-18-25,24-15-5-2-6-16-24)30-28-21-11-9-19-26(28)27-20-10-12-22-29(27)30/h1-16,19-22,25,28-30H,17-18H2. The summed E-state index contributed by atoms with van der Waals surface area (Å²) in [4.78, 5) is 0. The summed E-state index contributed by atoms with van der Waals surface area (Å²) in [6.45, 7) is 0. The minimum atomic E-state index is -0.0562. The van der Waals surface area contributed by atoms with Crippen LogP contribution in [0.15, 0.2) is 133 Å². The fourth-order valence-electron chi connectivity index (χ4n) is 6.82. The summed E-state index contributed by atoms with van der Waals surface area (Å²) >= 11 is 0. The van der Waals surface area contributed by atoms with E-state index in [9.17, 15) is 0 Å². The molecule has 0 heteroatoms. The highest BCUT2D eigenvalue weighted by molar-refractivity contribution is 5.56. The summed E-state index contributed by atoms with van der Waals surface area (Å²) in [5.41, 5.74) is 5.90. The van der Waals surface area contributed by atoms with E-state index in [0.29, 0.717) is 23.7 Å². The first-order chi connectivity index (χ1) is 15.4. The Balaban J connectivity index is 1.65. The molecule has 6 rings (SSSR count). The highest BCUT2D eigenvalue weighted by Crippen LogP contribution is 2.61. The van der Waals surface area contributed by atoms with Crippen molar-refractivity contribution in [2.24, 2.45) is 23.7 Å². The molecule has 31 heavy (non-hydrogen) atoms. The van der Waals surface area contributed by atoms with Gasteiger partial charge < -0.3 is 0 Å². The van der Waals surface area contributed by atoms with Gasteiger partial charge in [0.15, 0.2) is 0 Å². The number of hydrogen-bond donors (Lipinski definition) is 0. The molecule has 0 saturated carbocycles. The van der Waals surface area contributed by atoms with Crippen molar-refractivity contribution in [1.29, 1.82) is 0 Å². The van der Waals surface area contributed by atoms with Crippen LogP contribution in [0, 0.1) is 23.7 Å². The first kappa shape index (κ1) is 18.6. The largest absolute Gasteiger partial charge is 0.0882 e. The van der Waals surface area contributed by atoms with E-state index in [4.69, 9.17) is 0 Å². The third-order valence-corrected chi connectivity index (χ3v) is 7.92. The van der Waals surface area contributed by atoms with Crippen LogP contribution in [0.1, 0.15) is 24.0 Å². The Labute approximate surface area is 185 Å². The van der Waals surface area contributed by atoms with Gasteiger partial charge in [-0.3, -0.25) is 0 Å². The summed E-state index contributed by atoms with van der Waals surface area (Å²) in [6, 6.07) is 22.8. The molecule has 2 atom stereocenters. The second-order valence-corrected chi connectivity index (χ2v) is 9.22. The monoisotopic (exact) mass is 400 g/mol. The predicted octanol–water partition coefficient (Wildman–Crippen LogP) is 7.35. The van der Waals surface area contributed by atoms with Gasteiger partial charge in [0, 0.05) is 17.3 Å². The minimum absolute atomic E-state index is 0.0562. The molecule has 2 aromatic rings. The van der Waals surface area contributed by atoms with Gasteiger partial charge in [0.2, 0.25) is 0 Å². The molecule has 4 aliphatic carbocycles. The molecule has 0 heterocycles. The maximum Gasteiger partial charge on any atom is 0.0282 e. The Hall–Kier alpha value is -3.12. The second kappa shape index (κ2) is 7.54. The van der Waals surface area contributed by atoms with Crippen LogP contribution >= 0.6 is 0 Å². The Kier molecular flexibility index (Phi) is 4.53. The molecule has 0 amide bonds. The van der Waals surface area contributed by atoms with Gasteiger partial charge in [0.25, 0.3) is 0 Å². The van der Waals surface area contributed by atoms with E-state index in [2.05, 4.69) is 121 Å². The van der Waals surface area contributed by atoms with Gasteiger partial charge in [-0.1, -0.05) is 121 Å². The Morgan fingerprint density at radius 3 is 1.55 bits per heavy atom. The van der Waals surface area contributed by atoms with Crippen molar-refractivity contribution in [3.63, 3.8) is 0 Å². The zero-order chi connectivity index (χ0) is 20.7. The fourth-order valence-corrected chi connectivity index (χ4v) is 6.82. The quantitative estimate of drug-likeness (QED) is 0.471. The zero-order valence-corrected chi connectivity index (χ0v) is 17.8. The van der Waals surface area contributed by atoms with Gasteiger partial charge in [0.05, 0.1) is 0 Å². The van der Waals surface area contributed by atoms with E-state index < -0.39 is 0 Å². The average molecular weight is 401 g/mol. The number of fused-ring (bicyclic) bond motifs is 2. The molecule has 0 N–H and O–H groups in total. The lowest BCUT2D eigenvalue weighted by molar-refractivity contribution is 0.175. The molecule has 2 unspecified atom stereocenters. The van der Waals surface area contributed by atoms with E-state index in [-0.39, 0.29) is 5.41 Å². The van der Waals surface area contributed by atoms with Gasteiger partial charge in [-0.05, 0) is 47.0 Å². The van der Waals surface area contributed by atoms with E-state index >= 15 is 0 Å². The van der Waals surface area contributed by atoms with Gasteiger partial charge in [-0.15, -0.1) is 0 Å². The van der Waals surface area contributed by atoms with Crippen molar-refractivity contribution in [3.8, 4) is 0 Å². The molecule has 0 spiro atoms. The molecule has 0 aliphatic heterocycles. The van der Waals surface area contributed by atoms with Crippen molar-refractivity contribution in [2.75, 3.05) is 0 Å². The van der Waals surface area contributed by atoms with Crippen LogP contribution in [0.3, 0.4) is 0 Å². The highest BCUT2D eigenvalue weighted by Gasteiger charge is 2.56. The van der Waals surface area contributed by atoms with Gasteiger partial charge >= 0.3 is 0 Å². The van der Waals surface area contributed by atoms with Crippen LogP contribution in [0.5, 0.6) is 0 Å². The smallest absolute Gasteiger partial charge is 0.0282 e. The molecule has 0 fully saturated rings.